The molecule has 0 radical (unpaired) electrons. The van der Waals surface area contributed by atoms with Crippen LogP contribution in [0.15, 0.2) is 24.5 Å². The SMILES string of the molecule is CCC1C(=O)CC1c1ccncc1. The van der Waals surface area contributed by atoms with E-state index in [-0.39, 0.29) is 5.92 Å². The van der Waals surface area contributed by atoms with Crippen molar-refractivity contribution in [3.63, 3.8) is 0 Å². The van der Waals surface area contributed by atoms with Gasteiger partial charge in [0.25, 0.3) is 0 Å². The fraction of sp³-hybridized carbons (Fsp3) is 0.455. The molecular formula is C11H13NO. The average Bonchev–Trinajstić information content (AvgIpc) is 2.16. The molecule has 0 spiro atoms. The lowest BCUT2D eigenvalue weighted by molar-refractivity contribution is -0.131. The monoisotopic (exact) mass is 175 g/mol. The van der Waals surface area contributed by atoms with Crippen LogP contribution in [-0.2, 0) is 4.79 Å². The van der Waals surface area contributed by atoms with Crippen LogP contribution in [0.25, 0.3) is 0 Å². The Bertz CT molecular complexity index is 307. The van der Waals surface area contributed by atoms with Crippen molar-refractivity contribution in [1.82, 2.24) is 4.98 Å². The molecule has 1 aliphatic rings. The molecule has 1 aliphatic carbocycles. The fourth-order valence-corrected chi connectivity index (χ4v) is 2.05. The maximum absolute atomic E-state index is 11.2. The first-order chi connectivity index (χ1) is 6.33. The van der Waals surface area contributed by atoms with Crippen LogP contribution in [0.5, 0.6) is 0 Å². The summed E-state index contributed by atoms with van der Waals surface area (Å²) in [5.41, 5.74) is 1.27. The van der Waals surface area contributed by atoms with Crippen LogP contribution in [-0.4, -0.2) is 10.8 Å². The second kappa shape index (κ2) is 3.29. The highest BCUT2D eigenvalue weighted by Gasteiger charge is 2.38. The first kappa shape index (κ1) is 8.42. The lowest BCUT2D eigenvalue weighted by atomic mass is 9.68. The largest absolute Gasteiger partial charge is 0.299 e. The molecule has 13 heavy (non-hydrogen) atoms. The fourth-order valence-electron chi connectivity index (χ4n) is 2.05. The summed E-state index contributed by atoms with van der Waals surface area (Å²) in [4.78, 5) is 15.2. The van der Waals surface area contributed by atoms with Crippen LogP contribution in [0.4, 0.5) is 0 Å². The third-order valence-corrected chi connectivity index (χ3v) is 2.89. The van der Waals surface area contributed by atoms with Crippen molar-refractivity contribution in [2.45, 2.75) is 25.7 Å². The van der Waals surface area contributed by atoms with Gasteiger partial charge >= 0.3 is 0 Å². The van der Waals surface area contributed by atoms with Crippen LogP contribution in [0.3, 0.4) is 0 Å². The highest BCUT2D eigenvalue weighted by Crippen LogP contribution is 2.40. The average molecular weight is 175 g/mol. The van der Waals surface area contributed by atoms with Crippen molar-refractivity contribution in [3.05, 3.63) is 30.1 Å². The van der Waals surface area contributed by atoms with E-state index in [9.17, 15) is 4.79 Å². The van der Waals surface area contributed by atoms with Gasteiger partial charge in [-0.25, -0.2) is 0 Å². The minimum Gasteiger partial charge on any atom is -0.299 e. The third-order valence-electron chi connectivity index (χ3n) is 2.89. The van der Waals surface area contributed by atoms with Crippen LogP contribution >= 0.6 is 0 Å². The molecule has 2 nitrogen and oxygen atoms in total. The molecular weight excluding hydrogens is 162 g/mol. The minimum absolute atomic E-state index is 0.266. The molecule has 0 N–H and O–H groups in total. The van der Waals surface area contributed by atoms with Gasteiger partial charge in [0, 0.05) is 30.7 Å². The molecule has 0 aromatic carbocycles. The van der Waals surface area contributed by atoms with Crippen LogP contribution in [0, 0.1) is 5.92 Å². The van der Waals surface area contributed by atoms with Crippen molar-refractivity contribution < 1.29 is 4.79 Å². The van der Waals surface area contributed by atoms with E-state index < -0.39 is 0 Å². The van der Waals surface area contributed by atoms with E-state index in [2.05, 4.69) is 11.9 Å². The zero-order valence-electron chi connectivity index (χ0n) is 7.73. The summed E-state index contributed by atoms with van der Waals surface area (Å²) < 4.78 is 0. The molecule has 0 aliphatic heterocycles. The van der Waals surface area contributed by atoms with Gasteiger partial charge in [0.15, 0.2) is 0 Å². The van der Waals surface area contributed by atoms with Gasteiger partial charge < -0.3 is 0 Å². The Kier molecular flexibility index (Phi) is 2.13. The molecule has 1 aromatic heterocycles. The van der Waals surface area contributed by atoms with Crippen LogP contribution in [0.2, 0.25) is 0 Å². The molecule has 0 bridgehead atoms. The first-order valence-electron chi connectivity index (χ1n) is 4.75. The molecule has 2 rings (SSSR count). The van der Waals surface area contributed by atoms with E-state index in [4.69, 9.17) is 0 Å². The zero-order valence-corrected chi connectivity index (χ0v) is 7.73. The van der Waals surface area contributed by atoms with Gasteiger partial charge in [-0.1, -0.05) is 6.92 Å². The number of Topliss-reactive ketones (excluding diaryl/α,β-unsaturated/α-hetero) is 1. The van der Waals surface area contributed by atoms with E-state index in [1.807, 2.05) is 12.1 Å². The second-order valence-electron chi connectivity index (χ2n) is 3.57. The summed E-state index contributed by atoms with van der Waals surface area (Å²) in [7, 11) is 0. The van der Waals surface area contributed by atoms with Gasteiger partial charge in [-0.15, -0.1) is 0 Å². The standard InChI is InChI=1S/C11H13NO/c1-2-9-10(7-11(9)13)8-3-5-12-6-4-8/h3-6,9-10H,2,7H2,1H3. The van der Waals surface area contributed by atoms with E-state index in [1.165, 1.54) is 5.56 Å². The summed E-state index contributed by atoms with van der Waals surface area (Å²) in [6.45, 7) is 2.08. The summed E-state index contributed by atoms with van der Waals surface area (Å²) in [5.74, 6) is 1.15. The molecule has 2 heteroatoms. The lowest BCUT2D eigenvalue weighted by Gasteiger charge is -2.34. The van der Waals surface area contributed by atoms with Crippen molar-refractivity contribution in [1.29, 1.82) is 0 Å². The van der Waals surface area contributed by atoms with Gasteiger partial charge in [0.2, 0.25) is 0 Å². The predicted molar refractivity (Wildman–Crippen MR) is 50.4 cm³/mol. The quantitative estimate of drug-likeness (QED) is 0.689. The molecule has 1 aromatic rings. The normalized spacial score (nSPS) is 27.0. The number of hydrogen-bond donors (Lipinski definition) is 0. The molecule has 0 saturated heterocycles. The molecule has 2 atom stereocenters. The Morgan fingerprint density at radius 3 is 2.69 bits per heavy atom. The van der Waals surface area contributed by atoms with Gasteiger partial charge in [-0.3, -0.25) is 9.78 Å². The number of carbonyl (C=O) groups is 1. The summed E-state index contributed by atoms with van der Waals surface area (Å²) in [6.07, 6.45) is 5.28. The maximum Gasteiger partial charge on any atom is 0.137 e. The molecule has 1 fully saturated rings. The van der Waals surface area contributed by atoms with Crippen LogP contribution in [0.1, 0.15) is 31.2 Å². The number of ketones is 1. The second-order valence-corrected chi connectivity index (χ2v) is 3.57. The van der Waals surface area contributed by atoms with Crippen molar-refractivity contribution >= 4 is 5.78 Å². The topological polar surface area (TPSA) is 30.0 Å². The lowest BCUT2D eigenvalue weighted by Crippen LogP contribution is -2.34. The summed E-state index contributed by atoms with van der Waals surface area (Å²) in [5, 5.41) is 0. The zero-order chi connectivity index (χ0) is 9.26. The number of pyridine rings is 1. The Morgan fingerprint density at radius 1 is 1.46 bits per heavy atom. The van der Waals surface area contributed by atoms with Gasteiger partial charge in [-0.05, 0) is 24.1 Å². The molecule has 1 saturated carbocycles. The number of carbonyl (C=O) groups excluding carboxylic acids is 1. The number of nitrogens with zero attached hydrogens (tertiary/aromatic N) is 1. The highest BCUT2D eigenvalue weighted by atomic mass is 16.1. The van der Waals surface area contributed by atoms with Gasteiger partial charge in [-0.2, -0.15) is 0 Å². The minimum atomic E-state index is 0.266. The van der Waals surface area contributed by atoms with Gasteiger partial charge in [0.1, 0.15) is 5.78 Å². The van der Waals surface area contributed by atoms with E-state index >= 15 is 0 Å². The molecule has 68 valence electrons. The molecule has 2 unspecified atom stereocenters. The van der Waals surface area contributed by atoms with E-state index in [1.54, 1.807) is 12.4 Å². The Morgan fingerprint density at radius 2 is 2.15 bits per heavy atom. The molecule has 1 heterocycles. The first-order valence-corrected chi connectivity index (χ1v) is 4.75. The van der Waals surface area contributed by atoms with Crippen LogP contribution < -0.4 is 0 Å². The van der Waals surface area contributed by atoms with Gasteiger partial charge in [0.05, 0.1) is 0 Å². The van der Waals surface area contributed by atoms with Crippen molar-refractivity contribution in [2.24, 2.45) is 5.92 Å². The molecule has 0 amide bonds. The number of rotatable bonds is 2. The number of hydrogen-bond acceptors (Lipinski definition) is 2. The Balaban J connectivity index is 2.16. The highest BCUT2D eigenvalue weighted by molar-refractivity contribution is 5.89. The Hall–Kier alpha value is -1.18. The maximum atomic E-state index is 11.2. The van der Waals surface area contributed by atoms with Crippen molar-refractivity contribution in [3.8, 4) is 0 Å². The Labute approximate surface area is 78.0 Å². The van der Waals surface area contributed by atoms with E-state index in [0.29, 0.717) is 11.7 Å². The third kappa shape index (κ3) is 1.37. The van der Waals surface area contributed by atoms with E-state index in [0.717, 1.165) is 12.8 Å². The van der Waals surface area contributed by atoms with Crippen molar-refractivity contribution in [2.75, 3.05) is 0 Å². The summed E-state index contributed by atoms with van der Waals surface area (Å²) >= 11 is 0. The summed E-state index contributed by atoms with van der Waals surface area (Å²) in [6, 6.07) is 4.03. The number of aromatic nitrogens is 1. The smallest absolute Gasteiger partial charge is 0.137 e. The predicted octanol–water partition coefficient (Wildman–Crippen LogP) is 2.16.